The molecule has 0 fully saturated rings. The van der Waals surface area contributed by atoms with Crippen LogP contribution in [0, 0.1) is 11.8 Å². The van der Waals surface area contributed by atoms with Crippen LogP contribution in [-0.4, -0.2) is 5.78 Å². The van der Waals surface area contributed by atoms with Gasteiger partial charge in [-0.1, -0.05) is 31.0 Å². The third kappa shape index (κ3) is 1.57. The van der Waals surface area contributed by atoms with E-state index in [9.17, 15) is 4.79 Å². The van der Waals surface area contributed by atoms with E-state index in [2.05, 4.69) is 13.8 Å². The molecule has 0 saturated heterocycles. The van der Waals surface area contributed by atoms with Crippen LogP contribution in [0.1, 0.15) is 40.0 Å². The lowest BCUT2D eigenvalue weighted by molar-refractivity contribution is -0.116. The van der Waals surface area contributed by atoms with Crippen LogP contribution < -0.4 is 0 Å². The van der Waals surface area contributed by atoms with E-state index in [0.29, 0.717) is 11.7 Å². The van der Waals surface area contributed by atoms with Crippen molar-refractivity contribution in [2.75, 3.05) is 0 Å². The summed E-state index contributed by atoms with van der Waals surface area (Å²) < 4.78 is 0. The topological polar surface area (TPSA) is 17.1 Å². The molecule has 2 unspecified atom stereocenters. The summed E-state index contributed by atoms with van der Waals surface area (Å²) in [5.41, 5.74) is 3.69. The maximum Gasteiger partial charge on any atom is 0.159 e. The van der Waals surface area contributed by atoms with Gasteiger partial charge < -0.3 is 0 Å². The molecule has 0 aromatic carbocycles. The molecule has 2 atom stereocenters. The minimum atomic E-state index is 0.250. The number of ketones is 1. The van der Waals surface area contributed by atoms with Crippen LogP contribution in [0.15, 0.2) is 21.8 Å². The Balaban J connectivity index is 2.49. The van der Waals surface area contributed by atoms with Crippen LogP contribution in [-0.2, 0) is 4.79 Å². The summed E-state index contributed by atoms with van der Waals surface area (Å²) in [7, 11) is 0. The highest BCUT2D eigenvalue weighted by molar-refractivity contribution is 6.29. The molecule has 2 heteroatoms. The Hall–Kier alpha value is -0.560. The van der Waals surface area contributed by atoms with E-state index >= 15 is 0 Å². The first kappa shape index (κ1) is 10.9. The molecule has 0 N–H and O–H groups in total. The molecule has 0 spiro atoms. The summed E-state index contributed by atoms with van der Waals surface area (Å²) in [6.07, 6.45) is 2.83. The second-order valence-electron chi connectivity index (χ2n) is 4.65. The number of halogens is 1. The smallest absolute Gasteiger partial charge is 0.159 e. The third-order valence-electron chi connectivity index (χ3n) is 3.78. The van der Waals surface area contributed by atoms with Gasteiger partial charge in [-0.05, 0) is 25.3 Å². The average Bonchev–Trinajstić information content (AvgIpc) is 2.40. The Morgan fingerprint density at radius 1 is 1.27 bits per heavy atom. The number of rotatable bonds is 0. The van der Waals surface area contributed by atoms with Gasteiger partial charge in [0.1, 0.15) is 0 Å². The quantitative estimate of drug-likeness (QED) is 0.611. The van der Waals surface area contributed by atoms with Crippen LogP contribution in [0.4, 0.5) is 0 Å². The first-order chi connectivity index (χ1) is 7.04. The summed E-state index contributed by atoms with van der Waals surface area (Å²) in [5, 5.41) is 0.872. The molecule has 0 amide bonds. The number of carbonyl (C=O) groups excluding carboxylic acids is 1. The number of allylic oxidation sites excluding steroid dienone is 4. The summed E-state index contributed by atoms with van der Waals surface area (Å²) in [4.78, 5) is 11.9. The first-order valence-corrected chi connectivity index (χ1v) is 6.04. The van der Waals surface area contributed by atoms with Crippen molar-refractivity contribution in [2.45, 2.75) is 40.0 Å². The summed E-state index contributed by atoms with van der Waals surface area (Å²) in [6, 6.07) is 0. The van der Waals surface area contributed by atoms with E-state index in [-0.39, 0.29) is 5.92 Å². The van der Waals surface area contributed by atoms with Crippen molar-refractivity contribution in [2.24, 2.45) is 11.8 Å². The van der Waals surface area contributed by atoms with Gasteiger partial charge in [0, 0.05) is 28.9 Å². The largest absolute Gasteiger partial charge is 0.295 e. The third-order valence-corrected chi connectivity index (χ3v) is 4.00. The summed E-state index contributed by atoms with van der Waals surface area (Å²) in [5.74, 6) is 0.987. The standard InChI is InChI=1S/C13H17ClO/c1-7-10-5-4-6-11(15)13(10)8(2)12(7)9(3)14/h7-8H,4-6H2,1-3H3/b12-9+. The van der Waals surface area contributed by atoms with Gasteiger partial charge in [-0.3, -0.25) is 4.79 Å². The Labute approximate surface area is 96.2 Å². The molecule has 15 heavy (non-hydrogen) atoms. The van der Waals surface area contributed by atoms with Crippen molar-refractivity contribution >= 4 is 17.4 Å². The van der Waals surface area contributed by atoms with Gasteiger partial charge in [0.05, 0.1) is 0 Å². The number of hydrogen-bond donors (Lipinski definition) is 0. The van der Waals surface area contributed by atoms with Gasteiger partial charge in [0.15, 0.2) is 5.78 Å². The summed E-state index contributed by atoms with van der Waals surface area (Å²) in [6.45, 7) is 6.23. The number of hydrogen-bond acceptors (Lipinski definition) is 1. The van der Waals surface area contributed by atoms with Crippen LogP contribution in [0.3, 0.4) is 0 Å². The van der Waals surface area contributed by atoms with E-state index in [1.165, 1.54) is 11.1 Å². The zero-order valence-corrected chi connectivity index (χ0v) is 10.3. The SMILES string of the molecule is C/C(Cl)=C1/C(C)C2=C(C(=O)CCC2)C1C. The van der Waals surface area contributed by atoms with E-state index < -0.39 is 0 Å². The fourth-order valence-electron chi connectivity index (χ4n) is 3.17. The molecule has 2 aliphatic rings. The highest BCUT2D eigenvalue weighted by Crippen LogP contribution is 2.47. The second-order valence-corrected chi connectivity index (χ2v) is 5.21. The fraction of sp³-hybridized carbons (Fsp3) is 0.615. The lowest BCUT2D eigenvalue weighted by Gasteiger charge is -2.15. The van der Waals surface area contributed by atoms with Crippen LogP contribution in [0.5, 0.6) is 0 Å². The van der Waals surface area contributed by atoms with Crippen molar-refractivity contribution in [3.05, 3.63) is 21.8 Å². The first-order valence-electron chi connectivity index (χ1n) is 5.66. The maximum atomic E-state index is 11.9. The zero-order valence-electron chi connectivity index (χ0n) is 9.56. The van der Waals surface area contributed by atoms with Gasteiger partial charge >= 0.3 is 0 Å². The Bertz CT molecular complexity index is 372. The Morgan fingerprint density at radius 3 is 2.47 bits per heavy atom. The normalized spacial score (nSPS) is 34.5. The molecule has 0 saturated carbocycles. The molecule has 0 aromatic rings. The lowest BCUT2D eigenvalue weighted by Crippen LogP contribution is -2.12. The average molecular weight is 225 g/mol. The maximum absolute atomic E-state index is 11.9. The van der Waals surface area contributed by atoms with E-state index in [4.69, 9.17) is 11.6 Å². The van der Waals surface area contributed by atoms with Crippen LogP contribution in [0.2, 0.25) is 0 Å². The van der Waals surface area contributed by atoms with Crippen molar-refractivity contribution in [1.82, 2.24) is 0 Å². The van der Waals surface area contributed by atoms with Gasteiger partial charge in [0.2, 0.25) is 0 Å². The summed E-state index contributed by atoms with van der Waals surface area (Å²) >= 11 is 6.13. The number of carbonyl (C=O) groups is 1. The molecule has 0 aliphatic heterocycles. The Kier molecular flexibility index (Phi) is 2.76. The number of Topliss-reactive ketones (excluding diaryl/α,β-unsaturated/α-hetero) is 1. The lowest BCUT2D eigenvalue weighted by atomic mass is 9.88. The molecule has 0 heterocycles. The minimum absolute atomic E-state index is 0.250. The van der Waals surface area contributed by atoms with E-state index in [0.717, 1.165) is 29.9 Å². The molecular weight excluding hydrogens is 208 g/mol. The second kappa shape index (κ2) is 3.79. The van der Waals surface area contributed by atoms with Crippen molar-refractivity contribution in [1.29, 1.82) is 0 Å². The van der Waals surface area contributed by atoms with Gasteiger partial charge in [-0.15, -0.1) is 0 Å². The molecule has 0 aromatic heterocycles. The molecule has 1 nitrogen and oxygen atoms in total. The van der Waals surface area contributed by atoms with Crippen LogP contribution >= 0.6 is 11.6 Å². The van der Waals surface area contributed by atoms with Crippen molar-refractivity contribution in [3.8, 4) is 0 Å². The van der Waals surface area contributed by atoms with Gasteiger partial charge in [-0.25, -0.2) is 0 Å². The monoisotopic (exact) mass is 224 g/mol. The van der Waals surface area contributed by atoms with E-state index in [1.807, 2.05) is 6.92 Å². The minimum Gasteiger partial charge on any atom is -0.295 e. The van der Waals surface area contributed by atoms with Crippen molar-refractivity contribution < 1.29 is 4.79 Å². The predicted octanol–water partition coefficient (Wildman–Crippen LogP) is 3.83. The zero-order chi connectivity index (χ0) is 11.2. The van der Waals surface area contributed by atoms with Crippen LogP contribution in [0.25, 0.3) is 0 Å². The molecule has 0 bridgehead atoms. The molecule has 82 valence electrons. The Morgan fingerprint density at radius 2 is 1.93 bits per heavy atom. The highest BCUT2D eigenvalue weighted by Gasteiger charge is 2.38. The fourth-order valence-corrected chi connectivity index (χ4v) is 3.50. The molecule has 2 rings (SSSR count). The van der Waals surface area contributed by atoms with Crippen molar-refractivity contribution in [3.63, 3.8) is 0 Å². The molecular formula is C13H17ClO. The van der Waals surface area contributed by atoms with Gasteiger partial charge in [-0.2, -0.15) is 0 Å². The molecule has 0 radical (unpaired) electrons. The van der Waals surface area contributed by atoms with E-state index in [1.54, 1.807) is 0 Å². The predicted molar refractivity (Wildman–Crippen MR) is 62.8 cm³/mol. The highest BCUT2D eigenvalue weighted by atomic mass is 35.5. The molecule has 2 aliphatic carbocycles. The van der Waals surface area contributed by atoms with Gasteiger partial charge in [0.25, 0.3) is 0 Å².